The van der Waals surface area contributed by atoms with Crippen molar-refractivity contribution in [1.82, 2.24) is 0 Å². The summed E-state index contributed by atoms with van der Waals surface area (Å²) in [6.45, 7) is 1.83. The fraction of sp³-hybridized carbons (Fsp3) is 0.412. The van der Waals surface area contributed by atoms with Crippen molar-refractivity contribution in [2.24, 2.45) is 23.7 Å². The second-order valence-electron chi connectivity index (χ2n) is 6.31. The molecule has 3 aliphatic carbocycles. The van der Waals surface area contributed by atoms with Gasteiger partial charge < -0.3 is 0 Å². The van der Waals surface area contributed by atoms with Crippen LogP contribution in [0.15, 0.2) is 30.4 Å². The van der Waals surface area contributed by atoms with Crippen molar-refractivity contribution >= 4 is 17.5 Å². The van der Waals surface area contributed by atoms with Crippen LogP contribution >= 0.6 is 0 Å². The summed E-state index contributed by atoms with van der Waals surface area (Å²) in [7, 11) is 0. The number of hydrogen-bond acceptors (Lipinski definition) is 2. The monoisotopic (exact) mass is 285 g/mol. The molecule has 4 heteroatoms. The molecule has 1 aromatic rings. The average molecular weight is 285 g/mol. The Morgan fingerprint density at radius 2 is 1.62 bits per heavy atom. The van der Waals surface area contributed by atoms with Gasteiger partial charge in [-0.3, -0.25) is 9.59 Å². The van der Waals surface area contributed by atoms with Gasteiger partial charge in [-0.05, 0) is 49.3 Å². The predicted molar refractivity (Wildman–Crippen MR) is 76.0 cm³/mol. The molecule has 4 atom stereocenters. The average Bonchev–Trinajstić information content (AvgIpc) is 2.77. The number of aryl methyl sites for hydroxylation is 1. The van der Waals surface area contributed by atoms with Gasteiger partial charge in [0.1, 0.15) is 5.82 Å². The second kappa shape index (κ2) is 4.26. The Morgan fingerprint density at radius 1 is 1.05 bits per heavy atom. The third-order valence-electron chi connectivity index (χ3n) is 5.10. The van der Waals surface area contributed by atoms with Crippen LogP contribution in [0.1, 0.15) is 18.4 Å². The van der Waals surface area contributed by atoms with Gasteiger partial charge in [0.05, 0.1) is 17.5 Å². The molecule has 4 aliphatic rings. The fourth-order valence-corrected chi connectivity index (χ4v) is 4.11. The van der Waals surface area contributed by atoms with Crippen LogP contribution in [0.3, 0.4) is 0 Å². The zero-order valence-corrected chi connectivity index (χ0v) is 11.8. The molecule has 0 N–H and O–H groups in total. The quantitative estimate of drug-likeness (QED) is 0.588. The molecule has 2 fully saturated rings. The van der Waals surface area contributed by atoms with Crippen LogP contribution in [0.2, 0.25) is 0 Å². The van der Waals surface area contributed by atoms with Crippen LogP contribution in [0.25, 0.3) is 0 Å². The van der Waals surface area contributed by atoms with Crippen LogP contribution in [-0.2, 0) is 9.59 Å². The molecule has 0 spiro atoms. The molecule has 2 amide bonds. The van der Waals surface area contributed by atoms with Gasteiger partial charge >= 0.3 is 0 Å². The number of amides is 2. The molecule has 2 bridgehead atoms. The topological polar surface area (TPSA) is 37.4 Å². The zero-order chi connectivity index (χ0) is 14.7. The van der Waals surface area contributed by atoms with Crippen molar-refractivity contribution in [3.8, 4) is 0 Å². The molecule has 3 nitrogen and oxygen atoms in total. The molecule has 1 aromatic carbocycles. The largest absolute Gasteiger partial charge is 0.274 e. The van der Waals surface area contributed by atoms with E-state index in [0.717, 1.165) is 23.3 Å². The van der Waals surface area contributed by atoms with Crippen molar-refractivity contribution in [1.29, 1.82) is 0 Å². The summed E-state index contributed by atoms with van der Waals surface area (Å²) in [6.07, 6.45) is 6.03. The summed E-state index contributed by atoms with van der Waals surface area (Å²) >= 11 is 0. The molecule has 1 saturated heterocycles. The van der Waals surface area contributed by atoms with E-state index in [0.29, 0.717) is 0 Å². The SMILES string of the molecule is Cc1ccc(F)c(N2C(=O)[C@@H]3[C@@H](C2=O)[C@H]2C=C[C@H]3CC2)c1. The highest BCUT2D eigenvalue weighted by atomic mass is 19.1. The van der Waals surface area contributed by atoms with Crippen LogP contribution in [0, 0.1) is 36.4 Å². The zero-order valence-electron chi connectivity index (χ0n) is 11.8. The van der Waals surface area contributed by atoms with E-state index in [2.05, 4.69) is 12.2 Å². The molecule has 0 unspecified atom stereocenters. The molecule has 0 aromatic heterocycles. The van der Waals surface area contributed by atoms with Crippen molar-refractivity contribution in [2.75, 3.05) is 4.90 Å². The molecule has 1 heterocycles. The van der Waals surface area contributed by atoms with Crippen molar-refractivity contribution in [2.45, 2.75) is 19.8 Å². The highest BCUT2D eigenvalue weighted by Crippen LogP contribution is 2.50. The molecule has 108 valence electrons. The van der Waals surface area contributed by atoms with Gasteiger partial charge in [0.25, 0.3) is 0 Å². The third kappa shape index (κ3) is 1.65. The molecular formula is C17H16FNO2. The van der Waals surface area contributed by atoms with Crippen LogP contribution in [0.5, 0.6) is 0 Å². The predicted octanol–water partition coefficient (Wildman–Crippen LogP) is 2.84. The van der Waals surface area contributed by atoms with E-state index in [1.54, 1.807) is 12.1 Å². The minimum absolute atomic E-state index is 0.110. The first-order valence-electron chi connectivity index (χ1n) is 7.40. The standard InChI is InChI=1S/C17H16FNO2/c1-9-2-7-12(18)13(8-9)19-16(20)14-10-3-4-11(6-5-10)15(14)17(19)21/h2-4,7-8,10-11,14-15H,5-6H2,1H3/t10-,11-,14-,15-/m0/s1. The lowest BCUT2D eigenvalue weighted by Gasteiger charge is -2.38. The van der Waals surface area contributed by atoms with E-state index >= 15 is 0 Å². The van der Waals surface area contributed by atoms with Crippen LogP contribution in [-0.4, -0.2) is 11.8 Å². The van der Waals surface area contributed by atoms with Gasteiger partial charge in [0.2, 0.25) is 11.8 Å². The smallest absolute Gasteiger partial charge is 0.238 e. The normalized spacial score (nSPS) is 33.7. The summed E-state index contributed by atoms with van der Waals surface area (Å²) < 4.78 is 14.1. The number of rotatable bonds is 1. The van der Waals surface area contributed by atoms with Crippen LogP contribution in [0.4, 0.5) is 10.1 Å². The molecule has 0 radical (unpaired) electrons. The Hall–Kier alpha value is -1.97. The number of halogens is 1. The Labute approximate surface area is 122 Å². The number of nitrogens with zero attached hydrogens (tertiary/aromatic N) is 1. The van der Waals surface area contributed by atoms with Gasteiger partial charge in [0, 0.05) is 0 Å². The Bertz CT molecular complexity index is 649. The number of hydrogen-bond donors (Lipinski definition) is 0. The maximum Gasteiger partial charge on any atom is 0.238 e. The lowest BCUT2D eigenvalue weighted by Crippen LogP contribution is -2.38. The van der Waals surface area contributed by atoms with Gasteiger partial charge in [0.15, 0.2) is 0 Å². The second-order valence-corrected chi connectivity index (χ2v) is 6.31. The summed E-state index contributed by atoms with van der Waals surface area (Å²) in [5.41, 5.74) is 0.946. The first-order chi connectivity index (χ1) is 10.1. The number of carbonyl (C=O) groups excluding carboxylic acids is 2. The Morgan fingerprint density at radius 3 is 2.14 bits per heavy atom. The van der Waals surface area contributed by atoms with Crippen molar-refractivity contribution < 1.29 is 14.0 Å². The van der Waals surface area contributed by atoms with Crippen molar-refractivity contribution in [3.63, 3.8) is 0 Å². The highest BCUT2D eigenvalue weighted by molar-refractivity contribution is 6.22. The van der Waals surface area contributed by atoms with Gasteiger partial charge in [-0.1, -0.05) is 18.2 Å². The Balaban J connectivity index is 1.80. The first-order valence-corrected chi connectivity index (χ1v) is 7.40. The molecular weight excluding hydrogens is 269 g/mol. The van der Waals surface area contributed by atoms with E-state index in [-0.39, 0.29) is 41.2 Å². The molecule has 1 aliphatic heterocycles. The number of carbonyl (C=O) groups is 2. The van der Waals surface area contributed by atoms with E-state index in [1.807, 2.05) is 6.92 Å². The Kier molecular flexibility index (Phi) is 2.59. The van der Waals surface area contributed by atoms with Crippen molar-refractivity contribution in [3.05, 3.63) is 41.7 Å². The lowest BCUT2D eigenvalue weighted by molar-refractivity contribution is -0.124. The summed E-state index contributed by atoms with van der Waals surface area (Å²) in [6, 6.07) is 4.54. The minimum atomic E-state index is -0.513. The van der Waals surface area contributed by atoms with E-state index < -0.39 is 5.82 Å². The maximum absolute atomic E-state index is 14.1. The molecule has 1 saturated carbocycles. The highest BCUT2D eigenvalue weighted by Gasteiger charge is 2.57. The lowest BCUT2D eigenvalue weighted by atomic mass is 9.63. The summed E-state index contributed by atoms with van der Waals surface area (Å²) in [5, 5.41) is 0. The first kappa shape index (κ1) is 12.7. The molecule has 5 rings (SSSR count). The fourth-order valence-electron chi connectivity index (χ4n) is 4.11. The summed E-state index contributed by atoms with van der Waals surface area (Å²) in [5.74, 6) is -1.28. The van der Waals surface area contributed by atoms with Gasteiger partial charge in [-0.25, -0.2) is 9.29 Å². The van der Waals surface area contributed by atoms with E-state index in [4.69, 9.17) is 0 Å². The molecule has 21 heavy (non-hydrogen) atoms. The maximum atomic E-state index is 14.1. The number of anilines is 1. The third-order valence-corrected chi connectivity index (χ3v) is 5.10. The number of allylic oxidation sites excluding steroid dienone is 2. The number of fused-ring (bicyclic) bond motifs is 1. The van der Waals surface area contributed by atoms with E-state index in [9.17, 15) is 14.0 Å². The van der Waals surface area contributed by atoms with Gasteiger partial charge in [-0.2, -0.15) is 0 Å². The number of imide groups is 1. The minimum Gasteiger partial charge on any atom is -0.274 e. The number of benzene rings is 1. The van der Waals surface area contributed by atoms with E-state index in [1.165, 1.54) is 6.07 Å². The van der Waals surface area contributed by atoms with Crippen LogP contribution < -0.4 is 4.90 Å². The summed E-state index contributed by atoms with van der Waals surface area (Å²) in [4.78, 5) is 26.5. The van der Waals surface area contributed by atoms with Gasteiger partial charge in [-0.15, -0.1) is 0 Å².